The minimum atomic E-state index is -0.444. The summed E-state index contributed by atoms with van der Waals surface area (Å²) in [6.07, 6.45) is 6.80. The molecule has 1 atom stereocenters. The molecule has 36 heavy (non-hydrogen) atoms. The van der Waals surface area contributed by atoms with Crippen molar-refractivity contribution >= 4 is 11.6 Å². The summed E-state index contributed by atoms with van der Waals surface area (Å²) in [7, 11) is 0. The van der Waals surface area contributed by atoms with Gasteiger partial charge in [0.1, 0.15) is 24.1 Å². The Morgan fingerprint density at radius 1 is 1.06 bits per heavy atom. The van der Waals surface area contributed by atoms with Gasteiger partial charge in [-0.15, -0.1) is 0 Å². The monoisotopic (exact) mass is 482 g/mol. The number of nitrogens with zero attached hydrogens (tertiary/aromatic N) is 4. The first-order valence-electron chi connectivity index (χ1n) is 12.0. The van der Waals surface area contributed by atoms with Crippen molar-refractivity contribution in [1.29, 1.82) is 0 Å². The lowest BCUT2D eigenvalue weighted by Gasteiger charge is -2.37. The molecule has 0 saturated carbocycles. The molecule has 0 aliphatic carbocycles. The molecule has 0 spiro atoms. The van der Waals surface area contributed by atoms with Gasteiger partial charge in [0.25, 0.3) is 5.91 Å². The Balaban J connectivity index is 1.23. The Morgan fingerprint density at radius 3 is 2.78 bits per heavy atom. The van der Waals surface area contributed by atoms with Crippen LogP contribution < -0.4 is 20.7 Å². The van der Waals surface area contributed by atoms with Crippen LogP contribution in [0.25, 0.3) is 11.4 Å². The van der Waals surface area contributed by atoms with Gasteiger partial charge in [-0.05, 0) is 68.4 Å². The third kappa shape index (κ3) is 4.27. The van der Waals surface area contributed by atoms with Crippen molar-refractivity contribution in [1.82, 2.24) is 35.8 Å². The lowest BCUT2D eigenvalue weighted by atomic mass is 9.87. The average Bonchev–Trinajstić information content (AvgIpc) is 3.59. The molecule has 0 unspecified atom stereocenters. The van der Waals surface area contributed by atoms with E-state index in [0.717, 1.165) is 48.7 Å². The van der Waals surface area contributed by atoms with Crippen molar-refractivity contribution in [2.45, 2.75) is 24.4 Å². The zero-order valence-electron chi connectivity index (χ0n) is 19.6. The second-order valence-electron chi connectivity index (χ2n) is 9.01. The van der Waals surface area contributed by atoms with Gasteiger partial charge < -0.3 is 20.7 Å². The van der Waals surface area contributed by atoms with Crippen molar-refractivity contribution < 1.29 is 9.53 Å². The fraction of sp³-hybridized carbons (Fsp3) is 0.269. The number of piperidine rings is 1. The molecule has 10 heteroatoms. The second kappa shape index (κ2) is 9.38. The zero-order chi connectivity index (χ0) is 24.4. The number of anilines is 1. The first kappa shape index (κ1) is 22.2. The van der Waals surface area contributed by atoms with Crippen molar-refractivity contribution in [2.75, 3.05) is 25.0 Å². The molecule has 2 aliphatic rings. The number of carbonyl (C=O) groups excluding carboxylic acids is 1. The summed E-state index contributed by atoms with van der Waals surface area (Å²) in [6, 6.07) is 14.7. The summed E-state index contributed by atoms with van der Waals surface area (Å²) >= 11 is 0. The van der Waals surface area contributed by atoms with Crippen molar-refractivity contribution in [3.05, 3.63) is 84.2 Å². The molecule has 1 fully saturated rings. The summed E-state index contributed by atoms with van der Waals surface area (Å²) in [5.74, 6) is 1.94. The van der Waals surface area contributed by atoms with Crippen LogP contribution in [0.15, 0.2) is 67.1 Å². The Kier molecular flexibility index (Phi) is 5.78. The van der Waals surface area contributed by atoms with Crippen LogP contribution in [0.3, 0.4) is 0 Å². The van der Waals surface area contributed by atoms with Gasteiger partial charge in [-0.3, -0.25) is 19.9 Å². The molecule has 6 rings (SSSR count). The zero-order valence-corrected chi connectivity index (χ0v) is 19.6. The van der Waals surface area contributed by atoms with Crippen LogP contribution in [0, 0.1) is 0 Å². The van der Waals surface area contributed by atoms with Gasteiger partial charge in [0, 0.05) is 35.4 Å². The summed E-state index contributed by atoms with van der Waals surface area (Å²) < 4.78 is 5.65. The van der Waals surface area contributed by atoms with E-state index in [1.807, 2.05) is 42.5 Å². The summed E-state index contributed by atoms with van der Waals surface area (Å²) in [5, 5.41) is 17.8. The van der Waals surface area contributed by atoms with Crippen molar-refractivity contribution in [2.24, 2.45) is 0 Å². The highest BCUT2D eigenvalue weighted by atomic mass is 16.5. The van der Waals surface area contributed by atoms with Crippen LogP contribution >= 0.6 is 0 Å². The minimum absolute atomic E-state index is 0.176. The molecule has 0 bridgehead atoms. The number of aromatic amines is 1. The molecule has 0 radical (unpaired) electrons. The van der Waals surface area contributed by atoms with E-state index in [9.17, 15) is 4.79 Å². The van der Waals surface area contributed by atoms with Gasteiger partial charge >= 0.3 is 0 Å². The third-order valence-corrected chi connectivity index (χ3v) is 6.68. The molecule has 1 saturated heterocycles. The standard InChI is InChI=1S/C26H26N8O2/c35-24(30-20-16-36-21-5-2-10-29-22(20)21)18-3-1-4-19(15-18)32-26(8-13-28-14-9-26)25-31-23(33-34-25)17-6-11-27-12-7-17/h1-7,10-12,15,20,28,32H,8-9,13-14,16H2,(H,30,35)(H,31,33,34)/t20-/m1/s1. The number of pyridine rings is 2. The van der Waals surface area contributed by atoms with Crippen LogP contribution in [0.4, 0.5) is 5.69 Å². The molecule has 4 N–H and O–H groups in total. The Bertz CT molecular complexity index is 1370. The number of rotatable bonds is 6. The lowest BCUT2D eigenvalue weighted by molar-refractivity contribution is 0.0929. The second-order valence-corrected chi connectivity index (χ2v) is 9.01. The molecular formula is C26H26N8O2. The predicted octanol–water partition coefficient (Wildman–Crippen LogP) is 2.82. The predicted molar refractivity (Wildman–Crippen MR) is 133 cm³/mol. The van der Waals surface area contributed by atoms with Gasteiger partial charge in [-0.2, -0.15) is 5.10 Å². The average molecular weight is 483 g/mol. The summed E-state index contributed by atoms with van der Waals surface area (Å²) in [4.78, 5) is 26.4. The van der Waals surface area contributed by atoms with Crippen LogP contribution in [0.5, 0.6) is 5.75 Å². The quantitative estimate of drug-likeness (QED) is 0.330. The molecular weight excluding hydrogens is 456 g/mol. The van der Waals surface area contributed by atoms with Crippen molar-refractivity contribution in [3.63, 3.8) is 0 Å². The molecule has 2 aliphatic heterocycles. The molecule has 3 aromatic heterocycles. The maximum Gasteiger partial charge on any atom is 0.252 e. The smallest absolute Gasteiger partial charge is 0.252 e. The third-order valence-electron chi connectivity index (χ3n) is 6.68. The number of amides is 1. The van der Waals surface area contributed by atoms with E-state index in [-0.39, 0.29) is 11.9 Å². The number of hydrogen-bond donors (Lipinski definition) is 4. The van der Waals surface area contributed by atoms with E-state index >= 15 is 0 Å². The van der Waals surface area contributed by atoms with E-state index in [2.05, 4.69) is 36.1 Å². The van der Waals surface area contributed by atoms with E-state index in [4.69, 9.17) is 9.72 Å². The number of benzene rings is 1. The number of carbonyl (C=O) groups is 1. The van der Waals surface area contributed by atoms with Gasteiger partial charge in [-0.1, -0.05) is 6.07 Å². The molecule has 5 heterocycles. The molecule has 1 aromatic carbocycles. The first-order valence-corrected chi connectivity index (χ1v) is 12.0. The topological polar surface area (TPSA) is 130 Å². The van der Waals surface area contributed by atoms with Gasteiger partial charge in [-0.25, -0.2) is 4.98 Å². The SMILES string of the molecule is O=C(N[C@@H]1COc2cccnc21)c1cccc(NC2(c3nc(-c4ccncc4)n[nH]3)CCNCC2)c1. The maximum atomic E-state index is 13.1. The number of ether oxygens (including phenoxy) is 1. The minimum Gasteiger partial charge on any atom is -0.489 e. The van der Waals surface area contributed by atoms with Crippen LogP contribution in [-0.2, 0) is 5.54 Å². The highest BCUT2D eigenvalue weighted by Crippen LogP contribution is 2.34. The molecule has 182 valence electrons. The van der Waals surface area contributed by atoms with Crippen LogP contribution in [0.2, 0.25) is 0 Å². The molecule has 4 aromatic rings. The highest BCUT2D eigenvalue weighted by Gasteiger charge is 2.37. The number of H-pyrrole nitrogens is 1. The van der Waals surface area contributed by atoms with Gasteiger partial charge in [0.15, 0.2) is 11.6 Å². The van der Waals surface area contributed by atoms with E-state index in [1.165, 1.54) is 0 Å². The summed E-state index contributed by atoms with van der Waals surface area (Å²) in [6.45, 7) is 2.05. The number of fused-ring (bicyclic) bond motifs is 1. The number of aromatic nitrogens is 5. The van der Waals surface area contributed by atoms with Gasteiger partial charge in [0.05, 0.1) is 5.54 Å². The van der Waals surface area contributed by atoms with Crippen LogP contribution in [0.1, 0.15) is 40.8 Å². The molecule has 10 nitrogen and oxygen atoms in total. The molecule has 1 amide bonds. The first-order chi connectivity index (χ1) is 17.7. The fourth-order valence-electron chi connectivity index (χ4n) is 4.79. The highest BCUT2D eigenvalue weighted by molar-refractivity contribution is 5.95. The number of hydrogen-bond acceptors (Lipinski definition) is 8. The summed E-state index contributed by atoms with van der Waals surface area (Å²) in [5.41, 5.74) is 2.61. The van der Waals surface area contributed by atoms with Gasteiger partial charge in [0.2, 0.25) is 0 Å². The van der Waals surface area contributed by atoms with Crippen LogP contribution in [-0.4, -0.2) is 50.8 Å². The normalized spacial score (nSPS) is 18.2. The van der Waals surface area contributed by atoms with E-state index in [1.54, 1.807) is 24.7 Å². The largest absolute Gasteiger partial charge is 0.489 e. The van der Waals surface area contributed by atoms with E-state index in [0.29, 0.717) is 23.7 Å². The number of nitrogens with one attached hydrogen (secondary N) is 4. The Hall–Kier alpha value is -4.31. The fourth-order valence-corrected chi connectivity index (χ4v) is 4.79. The van der Waals surface area contributed by atoms with E-state index < -0.39 is 5.54 Å². The Labute approximate surface area is 207 Å². The Morgan fingerprint density at radius 2 is 1.92 bits per heavy atom. The maximum absolute atomic E-state index is 13.1. The lowest BCUT2D eigenvalue weighted by Crippen LogP contribution is -2.46. The van der Waals surface area contributed by atoms with Crippen molar-refractivity contribution in [3.8, 4) is 17.1 Å².